The predicted octanol–water partition coefficient (Wildman–Crippen LogP) is 4.84. The molecule has 28 heavy (non-hydrogen) atoms. The Morgan fingerprint density at radius 3 is 2.61 bits per heavy atom. The zero-order valence-corrected chi connectivity index (χ0v) is 18.0. The van der Waals surface area contributed by atoms with Gasteiger partial charge in [-0.2, -0.15) is 0 Å². The van der Waals surface area contributed by atoms with Gasteiger partial charge in [-0.05, 0) is 42.6 Å². The first kappa shape index (κ1) is 20.6. The lowest BCUT2D eigenvalue weighted by Gasteiger charge is -2.16. The summed E-state index contributed by atoms with van der Waals surface area (Å²) in [7, 11) is 1.35. The van der Waals surface area contributed by atoms with E-state index in [9.17, 15) is 9.59 Å². The first-order valence-electron chi connectivity index (χ1n) is 8.60. The molecule has 0 aliphatic carbocycles. The van der Waals surface area contributed by atoms with Crippen LogP contribution in [0.15, 0.2) is 52.1 Å². The van der Waals surface area contributed by atoms with E-state index >= 15 is 0 Å². The summed E-state index contributed by atoms with van der Waals surface area (Å²) >= 11 is 4.83. The lowest BCUT2D eigenvalue weighted by atomic mass is 10.1. The highest BCUT2D eigenvalue weighted by Crippen LogP contribution is 2.25. The van der Waals surface area contributed by atoms with Crippen LogP contribution in [0.3, 0.4) is 0 Å². The highest BCUT2D eigenvalue weighted by Gasteiger charge is 2.20. The number of carbonyl (C=O) groups excluding carboxylic acids is 2. The summed E-state index contributed by atoms with van der Waals surface area (Å²) in [5.74, 6) is 0.229. The Morgan fingerprint density at radius 1 is 1.21 bits per heavy atom. The van der Waals surface area contributed by atoms with Crippen LogP contribution in [-0.4, -0.2) is 24.0 Å². The van der Waals surface area contributed by atoms with Gasteiger partial charge < -0.3 is 10.1 Å². The minimum absolute atomic E-state index is 0.101. The number of ether oxygens (including phenoxy) is 1. The summed E-state index contributed by atoms with van der Waals surface area (Å²) in [6.45, 7) is 2.00. The molecular weight excluding hydrogens is 412 g/mol. The zero-order valence-electron chi connectivity index (χ0n) is 15.5. The Balaban J connectivity index is 1.61. The molecule has 8 heteroatoms. The maximum Gasteiger partial charge on any atom is 0.307 e. The maximum atomic E-state index is 12.6. The third kappa shape index (κ3) is 5.67. The molecule has 2 aromatic heterocycles. The zero-order chi connectivity index (χ0) is 19.9. The molecule has 2 heterocycles. The first-order valence-corrected chi connectivity index (χ1v) is 11.3. The van der Waals surface area contributed by atoms with Crippen molar-refractivity contribution >= 4 is 46.3 Å². The van der Waals surface area contributed by atoms with Crippen molar-refractivity contribution in [1.82, 2.24) is 10.3 Å². The minimum Gasteiger partial charge on any atom is -0.469 e. The molecule has 1 unspecified atom stereocenters. The molecule has 146 valence electrons. The van der Waals surface area contributed by atoms with Crippen molar-refractivity contribution in [3.05, 3.63) is 68.3 Å². The molecule has 1 atom stereocenters. The van der Waals surface area contributed by atoms with Crippen molar-refractivity contribution in [3.8, 4) is 0 Å². The third-order valence-electron chi connectivity index (χ3n) is 3.96. The van der Waals surface area contributed by atoms with E-state index in [0.717, 1.165) is 26.2 Å². The van der Waals surface area contributed by atoms with E-state index in [1.165, 1.54) is 18.4 Å². The van der Waals surface area contributed by atoms with Crippen LogP contribution in [0.2, 0.25) is 0 Å². The Kier molecular flexibility index (Phi) is 7.24. The van der Waals surface area contributed by atoms with Gasteiger partial charge in [-0.3, -0.25) is 9.59 Å². The van der Waals surface area contributed by atoms with Crippen LogP contribution in [0.1, 0.15) is 38.4 Å². The number of methoxy groups -OCH3 is 1. The van der Waals surface area contributed by atoms with Gasteiger partial charge in [0.05, 0.1) is 30.3 Å². The van der Waals surface area contributed by atoms with Gasteiger partial charge in [-0.25, -0.2) is 4.98 Å². The largest absolute Gasteiger partial charge is 0.469 e. The SMILES string of the molecule is COC(=O)CC(NC(=O)c1ccc(SCc2csc(C)n2)cc1)c1cccs1. The number of aryl methyl sites for hydroxylation is 1. The lowest BCUT2D eigenvalue weighted by molar-refractivity contribution is -0.141. The van der Waals surface area contributed by atoms with Gasteiger partial charge in [0.1, 0.15) is 0 Å². The number of rotatable bonds is 8. The van der Waals surface area contributed by atoms with Crippen molar-refractivity contribution in [2.75, 3.05) is 7.11 Å². The molecule has 0 spiro atoms. The van der Waals surface area contributed by atoms with E-state index in [1.54, 1.807) is 35.2 Å². The molecule has 0 fully saturated rings. The molecule has 0 saturated heterocycles. The third-order valence-corrected chi connectivity index (χ3v) is 6.81. The average Bonchev–Trinajstić information content (AvgIpc) is 3.38. The van der Waals surface area contributed by atoms with Gasteiger partial charge in [0.25, 0.3) is 5.91 Å². The van der Waals surface area contributed by atoms with Crippen molar-refractivity contribution in [3.63, 3.8) is 0 Å². The Hall–Kier alpha value is -2.16. The van der Waals surface area contributed by atoms with Crippen molar-refractivity contribution in [2.24, 2.45) is 0 Å². The number of benzene rings is 1. The number of aromatic nitrogens is 1. The fraction of sp³-hybridized carbons (Fsp3) is 0.250. The second-order valence-electron chi connectivity index (χ2n) is 5.99. The number of nitrogens with zero attached hydrogens (tertiary/aromatic N) is 1. The number of hydrogen-bond donors (Lipinski definition) is 1. The van der Waals surface area contributed by atoms with Crippen LogP contribution in [0, 0.1) is 6.92 Å². The average molecular weight is 433 g/mol. The molecule has 0 bridgehead atoms. The summed E-state index contributed by atoms with van der Waals surface area (Å²) in [5.41, 5.74) is 1.62. The first-order chi connectivity index (χ1) is 13.5. The number of esters is 1. The van der Waals surface area contributed by atoms with Gasteiger partial charge in [0.15, 0.2) is 0 Å². The molecule has 0 aliphatic heterocycles. The predicted molar refractivity (Wildman–Crippen MR) is 114 cm³/mol. The second-order valence-corrected chi connectivity index (χ2v) is 9.08. The van der Waals surface area contributed by atoms with Crippen molar-refractivity contribution in [1.29, 1.82) is 0 Å². The Morgan fingerprint density at radius 2 is 2.00 bits per heavy atom. The van der Waals surface area contributed by atoms with Gasteiger partial charge in [0, 0.05) is 26.5 Å². The quantitative estimate of drug-likeness (QED) is 0.407. The van der Waals surface area contributed by atoms with Crippen LogP contribution in [0.4, 0.5) is 0 Å². The van der Waals surface area contributed by atoms with Gasteiger partial charge in [-0.1, -0.05) is 6.07 Å². The number of nitrogens with one attached hydrogen (secondary N) is 1. The minimum atomic E-state index is -0.401. The number of thioether (sulfide) groups is 1. The van der Waals surface area contributed by atoms with Crippen LogP contribution < -0.4 is 5.32 Å². The normalized spacial score (nSPS) is 11.8. The van der Waals surface area contributed by atoms with Gasteiger partial charge in [0.2, 0.25) is 0 Å². The summed E-state index contributed by atoms with van der Waals surface area (Å²) in [5, 5.41) is 7.98. The summed E-state index contributed by atoms with van der Waals surface area (Å²) in [6, 6.07) is 10.9. The molecule has 0 saturated carbocycles. The summed E-state index contributed by atoms with van der Waals surface area (Å²) < 4.78 is 4.75. The monoisotopic (exact) mass is 432 g/mol. The molecule has 1 N–H and O–H groups in total. The van der Waals surface area contributed by atoms with Gasteiger partial charge in [-0.15, -0.1) is 34.4 Å². The lowest BCUT2D eigenvalue weighted by Crippen LogP contribution is -2.30. The molecular formula is C20H20N2O3S3. The molecule has 0 radical (unpaired) electrons. The molecule has 3 rings (SSSR count). The molecule has 0 aliphatic rings. The number of thiophene rings is 1. The topological polar surface area (TPSA) is 68.3 Å². The smallest absolute Gasteiger partial charge is 0.307 e. The maximum absolute atomic E-state index is 12.6. The highest BCUT2D eigenvalue weighted by molar-refractivity contribution is 7.98. The number of hydrogen-bond acceptors (Lipinski definition) is 7. The van der Waals surface area contributed by atoms with Crippen LogP contribution >= 0.6 is 34.4 Å². The molecule has 3 aromatic rings. The molecule has 1 amide bonds. The van der Waals surface area contributed by atoms with Gasteiger partial charge >= 0.3 is 5.97 Å². The van der Waals surface area contributed by atoms with E-state index in [1.807, 2.05) is 36.6 Å². The molecule has 1 aromatic carbocycles. The number of carbonyl (C=O) groups is 2. The van der Waals surface area contributed by atoms with Crippen LogP contribution in [-0.2, 0) is 15.3 Å². The van der Waals surface area contributed by atoms with E-state index < -0.39 is 6.04 Å². The van der Waals surface area contributed by atoms with Crippen molar-refractivity contribution in [2.45, 2.75) is 30.0 Å². The van der Waals surface area contributed by atoms with E-state index in [-0.39, 0.29) is 18.3 Å². The highest BCUT2D eigenvalue weighted by atomic mass is 32.2. The summed E-state index contributed by atoms with van der Waals surface area (Å²) in [4.78, 5) is 30.8. The standard InChI is InChI=1S/C20H20N2O3S3/c1-13-21-15(11-27-13)12-28-16-7-5-14(6-8-16)20(24)22-17(10-19(23)25-2)18-4-3-9-26-18/h3-9,11,17H,10,12H2,1-2H3,(H,22,24). The Labute approximate surface area is 176 Å². The van der Waals surface area contributed by atoms with E-state index in [0.29, 0.717) is 5.56 Å². The fourth-order valence-corrected chi connectivity index (χ4v) is 4.83. The molecule has 5 nitrogen and oxygen atoms in total. The fourth-order valence-electron chi connectivity index (χ4n) is 2.54. The number of thiazole rings is 1. The van der Waals surface area contributed by atoms with E-state index in [4.69, 9.17) is 4.74 Å². The van der Waals surface area contributed by atoms with Crippen LogP contribution in [0.25, 0.3) is 0 Å². The van der Waals surface area contributed by atoms with Crippen molar-refractivity contribution < 1.29 is 14.3 Å². The number of amides is 1. The van der Waals surface area contributed by atoms with Crippen LogP contribution in [0.5, 0.6) is 0 Å². The van der Waals surface area contributed by atoms with E-state index in [2.05, 4.69) is 15.7 Å². The summed E-state index contributed by atoms with van der Waals surface area (Å²) in [6.07, 6.45) is 0.101. The second kappa shape index (κ2) is 9.86. The Bertz CT molecular complexity index is 921.